The van der Waals surface area contributed by atoms with Gasteiger partial charge in [0.2, 0.25) is 5.91 Å². The quantitative estimate of drug-likeness (QED) is 0.139. The number of Topliss-reactive ketones (excluding diaryl/α,β-unsaturated/α-hetero) is 5. The predicted molar refractivity (Wildman–Crippen MR) is 185 cm³/mol. The molecule has 0 radical (unpaired) electrons. The minimum Gasteiger partial charge on any atom is -0.481 e. The van der Waals surface area contributed by atoms with Crippen LogP contribution in [-0.2, 0) is 40.0 Å². The second-order valence-corrected chi connectivity index (χ2v) is 14.2. The summed E-state index contributed by atoms with van der Waals surface area (Å²) in [6.07, 6.45) is -0.892. The number of carbonyl (C=O) groups excluding carboxylic acids is 6. The van der Waals surface area contributed by atoms with Gasteiger partial charge in [0.1, 0.15) is 28.9 Å². The number of hydrogen-bond acceptors (Lipinski definition) is 7. The molecule has 2 aromatic rings. The standard InChI is InChI=1S/C39H53NO8/c1-23(2)16-25(5)33(41)20-31(22-37(40)45)36(44)19-29(14-15-38(46)47)35(43)21-30(34(42)17-26(6)39(48)24(3)4)18-28-12-9-11-27-10-7-8-13-32(27)28/h7-13,23-26,29-31H,14-22H2,1-6H3,(H2,40,45)(H,46,47)/t25-,26-,29+,30+,31-/m1/s1. The van der Waals surface area contributed by atoms with Crippen molar-refractivity contribution in [1.29, 1.82) is 0 Å². The average Bonchev–Trinajstić information content (AvgIpc) is 3.00. The average molecular weight is 664 g/mol. The molecule has 262 valence electrons. The highest BCUT2D eigenvalue weighted by molar-refractivity contribution is 5.97. The van der Waals surface area contributed by atoms with Gasteiger partial charge in [-0.15, -0.1) is 0 Å². The van der Waals surface area contributed by atoms with Crippen LogP contribution in [0.4, 0.5) is 0 Å². The van der Waals surface area contributed by atoms with E-state index in [2.05, 4.69) is 0 Å². The number of amides is 1. The van der Waals surface area contributed by atoms with Crippen molar-refractivity contribution in [3.05, 3.63) is 48.0 Å². The largest absolute Gasteiger partial charge is 0.481 e. The summed E-state index contributed by atoms with van der Waals surface area (Å²) in [5, 5.41) is 11.3. The molecular weight excluding hydrogens is 610 g/mol. The van der Waals surface area contributed by atoms with Gasteiger partial charge in [-0.2, -0.15) is 0 Å². The van der Waals surface area contributed by atoms with Crippen LogP contribution in [0.25, 0.3) is 10.8 Å². The number of fused-ring (bicyclic) bond motifs is 1. The first-order valence-electron chi connectivity index (χ1n) is 17.1. The van der Waals surface area contributed by atoms with Gasteiger partial charge in [0, 0.05) is 74.0 Å². The summed E-state index contributed by atoms with van der Waals surface area (Å²) in [4.78, 5) is 90.4. The summed E-state index contributed by atoms with van der Waals surface area (Å²) in [6, 6.07) is 13.4. The molecule has 3 N–H and O–H groups in total. The van der Waals surface area contributed by atoms with E-state index in [1.165, 1.54) is 0 Å². The second-order valence-electron chi connectivity index (χ2n) is 14.2. The third-order valence-corrected chi connectivity index (χ3v) is 9.15. The van der Waals surface area contributed by atoms with E-state index in [1.807, 2.05) is 56.3 Å². The maximum absolute atomic E-state index is 14.0. The maximum Gasteiger partial charge on any atom is 0.303 e. The summed E-state index contributed by atoms with van der Waals surface area (Å²) < 4.78 is 0. The summed E-state index contributed by atoms with van der Waals surface area (Å²) in [6.45, 7) is 11.0. The Labute approximate surface area is 284 Å². The number of primary amides is 1. The van der Waals surface area contributed by atoms with Crippen LogP contribution >= 0.6 is 0 Å². The Morgan fingerprint density at radius 3 is 1.81 bits per heavy atom. The number of carbonyl (C=O) groups is 7. The lowest BCUT2D eigenvalue weighted by Gasteiger charge is -2.23. The maximum atomic E-state index is 14.0. The highest BCUT2D eigenvalue weighted by Crippen LogP contribution is 2.29. The molecule has 0 heterocycles. The van der Waals surface area contributed by atoms with Crippen LogP contribution in [-0.4, -0.2) is 45.9 Å². The number of carboxylic acids is 1. The molecule has 48 heavy (non-hydrogen) atoms. The SMILES string of the molecule is CC(C)C[C@@H](C)C(=O)C[C@H](CC(N)=O)C(=O)C[C@H](CCC(=O)O)C(=O)C[C@H](Cc1cccc2ccccc12)C(=O)C[C@@H](C)C(=O)C(C)C. The molecule has 1 amide bonds. The molecule has 5 atom stereocenters. The number of ketones is 5. The van der Waals surface area contributed by atoms with Gasteiger partial charge in [-0.25, -0.2) is 0 Å². The summed E-state index contributed by atoms with van der Waals surface area (Å²) >= 11 is 0. The number of hydrogen-bond donors (Lipinski definition) is 2. The molecule has 0 fully saturated rings. The molecular formula is C39H53NO8. The van der Waals surface area contributed by atoms with Crippen LogP contribution in [0.3, 0.4) is 0 Å². The number of nitrogens with two attached hydrogens (primary N) is 1. The Morgan fingerprint density at radius 1 is 0.646 bits per heavy atom. The molecule has 2 rings (SSSR count). The van der Waals surface area contributed by atoms with Gasteiger partial charge in [-0.05, 0) is 41.5 Å². The first-order valence-corrected chi connectivity index (χ1v) is 17.1. The summed E-state index contributed by atoms with van der Waals surface area (Å²) in [5.41, 5.74) is 6.29. The van der Waals surface area contributed by atoms with Crippen molar-refractivity contribution in [1.82, 2.24) is 0 Å². The fraction of sp³-hybridized carbons (Fsp3) is 0.564. The lowest BCUT2D eigenvalue weighted by atomic mass is 9.78. The van der Waals surface area contributed by atoms with Crippen LogP contribution in [0.1, 0.15) is 98.5 Å². The van der Waals surface area contributed by atoms with Gasteiger partial charge in [0.05, 0.1) is 0 Å². The molecule has 0 spiro atoms. The number of rotatable bonds is 23. The Balaban J connectivity index is 2.40. The van der Waals surface area contributed by atoms with Gasteiger partial charge in [0.25, 0.3) is 0 Å². The first-order chi connectivity index (χ1) is 22.5. The van der Waals surface area contributed by atoms with E-state index in [0.717, 1.165) is 16.3 Å². The third-order valence-electron chi connectivity index (χ3n) is 9.15. The molecule has 9 heteroatoms. The van der Waals surface area contributed by atoms with Gasteiger partial charge in [0.15, 0.2) is 0 Å². The fourth-order valence-electron chi connectivity index (χ4n) is 6.49. The van der Waals surface area contributed by atoms with E-state index in [4.69, 9.17) is 5.73 Å². The summed E-state index contributed by atoms with van der Waals surface area (Å²) in [7, 11) is 0. The molecule has 0 unspecified atom stereocenters. The van der Waals surface area contributed by atoms with E-state index >= 15 is 0 Å². The number of aliphatic carboxylic acids is 1. The normalized spacial score (nSPS) is 14.7. The Morgan fingerprint density at radius 2 is 1.21 bits per heavy atom. The minimum atomic E-state index is -1.14. The van der Waals surface area contributed by atoms with Crippen molar-refractivity contribution in [2.24, 2.45) is 47.2 Å². The first kappa shape index (κ1) is 40.2. The third kappa shape index (κ3) is 12.9. The van der Waals surface area contributed by atoms with Crippen molar-refractivity contribution in [2.45, 2.75) is 99.3 Å². The predicted octanol–water partition coefficient (Wildman–Crippen LogP) is 6.35. The van der Waals surface area contributed by atoms with E-state index in [-0.39, 0.29) is 86.5 Å². The molecule has 0 bridgehead atoms. The molecule has 0 aliphatic rings. The van der Waals surface area contributed by atoms with Crippen LogP contribution in [0.5, 0.6) is 0 Å². The van der Waals surface area contributed by atoms with Crippen LogP contribution in [0.15, 0.2) is 42.5 Å². The van der Waals surface area contributed by atoms with Crippen molar-refractivity contribution in [3.63, 3.8) is 0 Å². The molecule has 0 aliphatic carbocycles. The smallest absolute Gasteiger partial charge is 0.303 e. The van der Waals surface area contributed by atoms with Crippen molar-refractivity contribution in [3.8, 4) is 0 Å². The van der Waals surface area contributed by atoms with Gasteiger partial charge < -0.3 is 10.8 Å². The van der Waals surface area contributed by atoms with Gasteiger partial charge in [-0.1, -0.05) is 84.0 Å². The Hall–Kier alpha value is -4.01. The van der Waals surface area contributed by atoms with E-state index < -0.39 is 47.1 Å². The van der Waals surface area contributed by atoms with Crippen molar-refractivity contribution >= 4 is 51.6 Å². The van der Waals surface area contributed by atoms with Crippen molar-refractivity contribution < 1.29 is 38.7 Å². The molecule has 0 aromatic heterocycles. The Kier molecular flexibility index (Phi) is 16.0. The van der Waals surface area contributed by atoms with Crippen LogP contribution in [0.2, 0.25) is 0 Å². The molecule has 0 saturated heterocycles. The van der Waals surface area contributed by atoms with E-state index in [1.54, 1.807) is 27.7 Å². The zero-order valence-corrected chi connectivity index (χ0v) is 29.3. The zero-order valence-electron chi connectivity index (χ0n) is 29.3. The Bertz CT molecular complexity index is 1470. The molecule has 2 aromatic carbocycles. The molecule has 9 nitrogen and oxygen atoms in total. The van der Waals surface area contributed by atoms with Crippen LogP contribution in [0, 0.1) is 41.4 Å². The minimum absolute atomic E-state index is 0.0458. The van der Waals surface area contributed by atoms with Crippen molar-refractivity contribution in [2.75, 3.05) is 0 Å². The highest BCUT2D eigenvalue weighted by atomic mass is 16.4. The number of carboxylic acid groups (broad SMARTS) is 1. The highest BCUT2D eigenvalue weighted by Gasteiger charge is 2.33. The molecule has 0 aliphatic heterocycles. The molecule has 0 saturated carbocycles. The lowest BCUT2D eigenvalue weighted by Crippen LogP contribution is -2.32. The second kappa shape index (κ2) is 19.1. The topological polar surface area (TPSA) is 166 Å². The summed E-state index contributed by atoms with van der Waals surface area (Å²) in [5.74, 6) is -7.08. The van der Waals surface area contributed by atoms with E-state index in [0.29, 0.717) is 6.42 Å². The monoisotopic (exact) mass is 663 g/mol. The van der Waals surface area contributed by atoms with Crippen LogP contribution < -0.4 is 5.73 Å². The number of benzene rings is 2. The fourth-order valence-corrected chi connectivity index (χ4v) is 6.49. The lowest BCUT2D eigenvalue weighted by molar-refractivity contribution is -0.139. The van der Waals surface area contributed by atoms with E-state index in [9.17, 15) is 38.7 Å². The van der Waals surface area contributed by atoms with Gasteiger partial charge in [-0.3, -0.25) is 33.6 Å². The van der Waals surface area contributed by atoms with Gasteiger partial charge >= 0.3 is 5.97 Å². The zero-order chi connectivity index (χ0) is 36.1.